The molecule has 1 heterocycles. The topological polar surface area (TPSA) is 93.8 Å². The van der Waals surface area contributed by atoms with Gasteiger partial charge in [0.1, 0.15) is 11.6 Å². The average molecular weight is 533 g/mol. The molecule has 33 heavy (non-hydrogen) atoms. The van der Waals surface area contributed by atoms with Crippen LogP contribution < -0.4 is 10.3 Å². The van der Waals surface area contributed by atoms with Crippen molar-refractivity contribution in [1.82, 2.24) is 9.66 Å². The van der Waals surface area contributed by atoms with Gasteiger partial charge < -0.3 is 9.84 Å². The number of nitrogens with zero attached hydrogens (tertiary/aromatic N) is 3. The molecule has 1 aliphatic carbocycles. The quantitative estimate of drug-likeness (QED) is 0.417. The van der Waals surface area contributed by atoms with E-state index in [1.807, 2.05) is 12.1 Å². The SMILES string of the molecule is C[C@@H](Oc1ccc(Cl)cc1C=Nn1c(C2CCCCC2)nc2ccc(Br)cc2c1=O)C(=O)O. The van der Waals surface area contributed by atoms with Crippen molar-refractivity contribution in [2.45, 2.75) is 51.0 Å². The van der Waals surface area contributed by atoms with Crippen LogP contribution in [0, 0.1) is 0 Å². The number of halogens is 2. The van der Waals surface area contributed by atoms with Crippen LogP contribution in [0.25, 0.3) is 10.9 Å². The van der Waals surface area contributed by atoms with E-state index >= 15 is 0 Å². The van der Waals surface area contributed by atoms with Crippen LogP contribution in [-0.4, -0.2) is 33.1 Å². The molecule has 1 aromatic heterocycles. The third-order valence-corrected chi connectivity index (χ3v) is 6.47. The lowest BCUT2D eigenvalue weighted by Gasteiger charge is -2.22. The van der Waals surface area contributed by atoms with Crippen LogP contribution in [0.15, 0.2) is 50.8 Å². The summed E-state index contributed by atoms with van der Waals surface area (Å²) < 4.78 is 7.69. The summed E-state index contributed by atoms with van der Waals surface area (Å²) in [4.78, 5) is 29.5. The lowest BCUT2D eigenvalue weighted by Crippen LogP contribution is -2.25. The number of aromatic nitrogens is 2. The Bertz CT molecular complexity index is 1280. The van der Waals surface area contributed by atoms with Crippen LogP contribution in [-0.2, 0) is 4.79 Å². The van der Waals surface area contributed by atoms with Gasteiger partial charge >= 0.3 is 5.97 Å². The molecule has 4 rings (SSSR count). The number of benzene rings is 2. The van der Waals surface area contributed by atoms with Gasteiger partial charge in [-0.2, -0.15) is 9.78 Å². The number of carbonyl (C=O) groups is 1. The van der Waals surface area contributed by atoms with Crippen LogP contribution in [0.4, 0.5) is 0 Å². The van der Waals surface area contributed by atoms with Gasteiger partial charge in [-0.15, -0.1) is 0 Å². The lowest BCUT2D eigenvalue weighted by atomic mass is 9.88. The first-order chi connectivity index (χ1) is 15.8. The number of carboxylic acids is 1. The number of fused-ring (bicyclic) bond motifs is 1. The molecule has 172 valence electrons. The van der Waals surface area contributed by atoms with Crippen LogP contribution in [0.5, 0.6) is 5.75 Å². The van der Waals surface area contributed by atoms with Gasteiger partial charge in [0, 0.05) is 21.0 Å². The Labute approximate surface area is 204 Å². The van der Waals surface area contributed by atoms with E-state index in [9.17, 15) is 14.7 Å². The standard InChI is InChI=1S/C24H23BrClN3O4/c1-14(24(31)32)33-21-10-8-18(26)11-16(21)13-27-29-22(15-5-3-2-4-6-15)28-20-9-7-17(25)12-19(20)23(29)30/h7-15H,2-6H2,1H3,(H,31,32)/t14-/m1/s1. The molecule has 1 fully saturated rings. The van der Waals surface area contributed by atoms with E-state index in [1.54, 1.807) is 24.3 Å². The van der Waals surface area contributed by atoms with Crippen molar-refractivity contribution >= 4 is 50.6 Å². The molecule has 0 bridgehead atoms. The Morgan fingerprint density at radius 3 is 2.76 bits per heavy atom. The molecule has 0 aliphatic heterocycles. The van der Waals surface area contributed by atoms with Gasteiger partial charge in [0.05, 0.1) is 17.1 Å². The van der Waals surface area contributed by atoms with Crippen molar-refractivity contribution in [1.29, 1.82) is 0 Å². The average Bonchev–Trinajstić information content (AvgIpc) is 2.80. The largest absolute Gasteiger partial charge is 0.479 e. The predicted molar refractivity (Wildman–Crippen MR) is 132 cm³/mol. The molecule has 0 saturated heterocycles. The number of carboxylic acid groups (broad SMARTS) is 1. The number of rotatable bonds is 6. The second-order valence-corrected chi connectivity index (χ2v) is 9.46. The van der Waals surface area contributed by atoms with E-state index in [0.717, 1.165) is 30.2 Å². The fourth-order valence-corrected chi connectivity index (χ4v) is 4.53. The second-order valence-electron chi connectivity index (χ2n) is 8.11. The molecule has 1 saturated carbocycles. The summed E-state index contributed by atoms with van der Waals surface area (Å²) in [7, 11) is 0. The van der Waals surface area contributed by atoms with Gasteiger partial charge in [0.25, 0.3) is 5.56 Å². The Morgan fingerprint density at radius 1 is 1.27 bits per heavy atom. The van der Waals surface area contributed by atoms with Crippen molar-refractivity contribution in [3.05, 3.63) is 67.6 Å². The maximum Gasteiger partial charge on any atom is 0.344 e. The molecule has 0 amide bonds. The van der Waals surface area contributed by atoms with Gasteiger partial charge in [0.15, 0.2) is 6.10 Å². The summed E-state index contributed by atoms with van der Waals surface area (Å²) in [6.07, 6.45) is 5.66. The second kappa shape index (κ2) is 10.1. The molecular formula is C24H23BrClN3O4. The Morgan fingerprint density at radius 2 is 2.03 bits per heavy atom. The summed E-state index contributed by atoms with van der Waals surface area (Å²) in [6.45, 7) is 1.44. The predicted octanol–water partition coefficient (Wildman–Crippen LogP) is 5.59. The van der Waals surface area contributed by atoms with Crippen molar-refractivity contribution in [3.8, 4) is 5.75 Å². The zero-order chi connectivity index (χ0) is 23.5. The smallest absolute Gasteiger partial charge is 0.344 e. The molecule has 0 radical (unpaired) electrons. The van der Waals surface area contributed by atoms with Crippen LogP contribution in [0.3, 0.4) is 0 Å². The number of ether oxygens (including phenoxy) is 1. The number of hydrogen-bond acceptors (Lipinski definition) is 5. The summed E-state index contributed by atoms with van der Waals surface area (Å²) >= 11 is 9.58. The van der Waals surface area contributed by atoms with E-state index in [-0.39, 0.29) is 11.5 Å². The monoisotopic (exact) mass is 531 g/mol. The Balaban J connectivity index is 1.82. The first kappa shape index (κ1) is 23.4. The van der Waals surface area contributed by atoms with Crippen LogP contribution in [0.2, 0.25) is 5.02 Å². The number of aliphatic carboxylic acids is 1. The van der Waals surface area contributed by atoms with Crippen LogP contribution in [0.1, 0.15) is 56.3 Å². The van der Waals surface area contributed by atoms with Crippen LogP contribution >= 0.6 is 27.5 Å². The van der Waals surface area contributed by atoms with Crippen molar-refractivity contribution < 1.29 is 14.6 Å². The maximum absolute atomic E-state index is 13.4. The Hall–Kier alpha value is -2.71. The molecule has 0 unspecified atom stereocenters. The molecule has 9 heteroatoms. The van der Waals surface area contributed by atoms with E-state index < -0.39 is 12.1 Å². The fraction of sp³-hybridized carbons (Fsp3) is 0.333. The number of hydrogen-bond donors (Lipinski definition) is 1. The van der Waals surface area contributed by atoms with Crippen molar-refractivity contribution in [2.75, 3.05) is 0 Å². The first-order valence-electron chi connectivity index (χ1n) is 10.8. The summed E-state index contributed by atoms with van der Waals surface area (Å²) in [5.41, 5.74) is 0.838. The van der Waals surface area contributed by atoms with E-state index in [1.165, 1.54) is 24.2 Å². The molecule has 2 aromatic carbocycles. The van der Waals surface area contributed by atoms with Gasteiger partial charge in [-0.05, 0) is 56.2 Å². The van der Waals surface area contributed by atoms with Crippen molar-refractivity contribution in [2.24, 2.45) is 5.10 Å². The van der Waals surface area contributed by atoms with Gasteiger partial charge in [-0.3, -0.25) is 4.79 Å². The lowest BCUT2D eigenvalue weighted by molar-refractivity contribution is -0.144. The van der Waals surface area contributed by atoms with E-state index in [2.05, 4.69) is 21.0 Å². The first-order valence-corrected chi connectivity index (χ1v) is 12.0. The molecule has 3 aromatic rings. The highest BCUT2D eigenvalue weighted by Crippen LogP contribution is 2.32. The third-order valence-electron chi connectivity index (χ3n) is 5.74. The minimum Gasteiger partial charge on any atom is -0.479 e. The molecule has 1 aliphatic rings. The molecule has 7 nitrogen and oxygen atoms in total. The molecule has 1 atom stereocenters. The summed E-state index contributed by atoms with van der Waals surface area (Å²) in [6, 6.07) is 10.3. The normalized spacial score (nSPS) is 15.7. The fourth-order valence-electron chi connectivity index (χ4n) is 3.99. The van der Waals surface area contributed by atoms with Gasteiger partial charge in [0.2, 0.25) is 0 Å². The zero-order valence-corrected chi connectivity index (χ0v) is 20.3. The van der Waals surface area contributed by atoms with Crippen molar-refractivity contribution in [3.63, 3.8) is 0 Å². The summed E-state index contributed by atoms with van der Waals surface area (Å²) in [5, 5.41) is 14.6. The zero-order valence-electron chi connectivity index (χ0n) is 18.0. The molecule has 0 spiro atoms. The van der Waals surface area contributed by atoms with E-state index in [0.29, 0.717) is 33.1 Å². The maximum atomic E-state index is 13.4. The summed E-state index contributed by atoms with van der Waals surface area (Å²) in [5.74, 6) is -0.0114. The minimum absolute atomic E-state index is 0.138. The Kier molecular flexibility index (Phi) is 7.14. The highest BCUT2D eigenvalue weighted by atomic mass is 79.9. The van der Waals surface area contributed by atoms with E-state index in [4.69, 9.17) is 21.3 Å². The molecular weight excluding hydrogens is 510 g/mol. The highest BCUT2D eigenvalue weighted by molar-refractivity contribution is 9.10. The van der Waals surface area contributed by atoms with Gasteiger partial charge in [-0.25, -0.2) is 9.78 Å². The third kappa shape index (κ3) is 5.28. The highest BCUT2D eigenvalue weighted by Gasteiger charge is 2.23. The van der Waals surface area contributed by atoms with Gasteiger partial charge in [-0.1, -0.05) is 46.8 Å². The molecule has 1 N–H and O–H groups in total. The minimum atomic E-state index is -1.09.